The molecule has 0 saturated carbocycles. The molecule has 1 atom stereocenters. The Labute approximate surface area is 145 Å². The summed E-state index contributed by atoms with van der Waals surface area (Å²) in [6, 6.07) is 1.86. The molecule has 0 unspecified atom stereocenters. The van der Waals surface area contributed by atoms with Gasteiger partial charge in [0.05, 0.1) is 12.8 Å². The molecule has 2 aromatic rings. The van der Waals surface area contributed by atoms with Crippen LogP contribution in [0.25, 0.3) is 5.65 Å². The Hall–Kier alpha value is -2.19. The molecule has 1 N–H and O–H groups in total. The first-order chi connectivity index (χ1) is 11.1. The van der Waals surface area contributed by atoms with Crippen molar-refractivity contribution in [1.82, 2.24) is 24.8 Å². The van der Waals surface area contributed by atoms with Crippen LogP contribution in [0.15, 0.2) is 18.5 Å². The van der Waals surface area contributed by atoms with E-state index in [0.29, 0.717) is 24.4 Å². The van der Waals surface area contributed by atoms with Gasteiger partial charge in [0.25, 0.3) is 5.91 Å². The number of carbonyl (C=O) groups excluding carboxylic acids is 2. The highest BCUT2D eigenvalue weighted by atomic mass is 35.5. The predicted molar refractivity (Wildman–Crippen MR) is 89.6 cm³/mol. The molecule has 0 bridgehead atoms. The van der Waals surface area contributed by atoms with Crippen LogP contribution in [0.4, 0.5) is 0 Å². The molecular formula is C15H20ClN5O3. The van der Waals surface area contributed by atoms with Gasteiger partial charge < -0.3 is 15.0 Å². The van der Waals surface area contributed by atoms with Crippen LogP contribution >= 0.6 is 12.4 Å². The number of esters is 1. The number of piperazine rings is 1. The molecule has 9 heteroatoms. The Balaban J connectivity index is 0.00000208. The molecular weight excluding hydrogens is 334 g/mol. The van der Waals surface area contributed by atoms with Gasteiger partial charge in [-0.3, -0.25) is 4.79 Å². The van der Waals surface area contributed by atoms with E-state index in [0.717, 1.165) is 6.54 Å². The lowest BCUT2D eigenvalue weighted by atomic mass is 10.2. The number of hydrogen-bond acceptors (Lipinski definition) is 6. The Morgan fingerprint density at radius 3 is 2.96 bits per heavy atom. The quantitative estimate of drug-likeness (QED) is 0.820. The number of nitrogens with zero attached hydrogens (tertiary/aromatic N) is 4. The summed E-state index contributed by atoms with van der Waals surface area (Å²) in [5, 5.41) is 7.45. The van der Waals surface area contributed by atoms with Gasteiger partial charge in [-0.05, 0) is 19.9 Å². The summed E-state index contributed by atoms with van der Waals surface area (Å²) >= 11 is 0. The van der Waals surface area contributed by atoms with E-state index in [1.807, 2.05) is 6.92 Å². The van der Waals surface area contributed by atoms with Crippen molar-refractivity contribution in [2.75, 3.05) is 26.2 Å². The van der Waals surface area contributed by atoms with Crippen LogP contribution in [0.2, 0.25) is 0 Å². The minimum absolute atomic E-state index is 0. The zero-order chi connectivity index (χ0) is 16.4. The number of amides is 1. The van der Waals surface area contributed by atoms with Crippen molar-refractivity contribution in [2.24, 2.45) is 0 Å². The summed E-state index contributed by atoms with van der Waals surface area (Å²) in [4.78, 5) is 30.6. The Morgan fingerprint density at radius 1 is 1.46 bits per heavy atom. The fraction of sp³-hybridized carbons (Fsp3) is 0.467. The van der Waals surface area contributed by atoms with Crippen LogP contribution < -0.4 is 5.32 Å². The zero-order valence-corrected chi connectivity index (χ0v) is 14.4. The molecule has 3 heterocycles. The van der Waals surface area contributed by atoms with Gasteiger partial charge in [-0.2, -0.15) is 5.10 Å². The minimum atomic E-state index is -0.490. The monoisotopic (exact) mass is 353 g/mol. The summed E-state index contributed by atoms with van der Waals surface area (Å²) in [6.07, 6.45) is 2.90. The molecule has 1 amide bonds. The van der Waals surface area contributed by atoms with Gasteiger partial charge in [-0.15, -0.1) is 12.4 Å². The normalized spacial score (nSPS) is 17.4. The highest BCUT2D eigenvalue weighted by molar-refractivity contribution is 5.97. The molecule has 1 aliphatic heterocycles. The van der Waals surface area contributed by atoms with E-state index in [1.54, 1.807) is 17.9 Å². The van der Waals surface area contributed by atoms with Crippen molar-refractivity contribution in [3.63, 3.8) is 0 Å². The number of carbonyl (C=O) groups is 2. The van der Waals surface area contributed by atoms with Crippen molar-refractivity contribution < 1.29 is 14.3 Å². The molecule has 3 rings (SSSR count). The lowest BCUT2D eigenvalue weighted by Gasteiger charge is -2.31. The van der Waals surface area contributed by atoms with Gasteiger partial charge in [-0.25, -0.2) is 14.3 Å². The molecule has 0 aliphatic carbocycles. The molecule has 130 valence electrons. The molecule has 0 aromatic carbocycles. The van der Waals surface area contributed by atoms with Gasteiger partial charge in [0.2, 0.25) is 0 Å². The Bertz CT molecular complexity index is 748. The highest BCUT2D eigenvalue weighted by Crippen LogP contribution is 2.14. The minimum Gasteiger partial charge on any atom is -0.462 e. The number of ether oxygens (including phenoxy) is 1. The molecule has 0 radical (unpaired) electrons. The Morgan fingerprint density at radius 2 is 2.25 bits per heavy atom. The van der Waals surface area contributed by atoms with Crippen LogP contribution in [0.1, 0.15) is 34.7 Å². The van der Waals surface area contributed by atoms with Gasteiger partial charge >= 0.3 is 5.97 Å². The number of hydrogen-bond donors (Lipinski definition) is 1. The fourth-order valence-corrected chi connectivity index (χ4v) is 2.69. The molecule has 1 saturated heterocycles. The second kappa shape index (κ2) is 7.59. The molecule has 24 heavy (non-hydrogen) atoms. The SMILES string of the molecule is CCOC(=O)c1cnn2c(C(=O)N3CCN[C@H](C)C3)ccnc12.Cl. The number of nitrogens with one attached hydrogen (secondary N) is 1. The zero-order valence-electron chi connectivity index (χ0n) is 13.6. The molecule has 2 aromatic heterocycles. The van der Waals surface area contributed by atoms with E-state index in [4.69, 9.17) is 4.74 Å². The van der Waals surface area contributed by atoms with E-state index in [-0.39, 0.29) is 36.5 Å². The summed E-state index contributed by atoms with van der Waals surface area (Å²) in [5.74, 6) is -0.611. The number of halogens is 1. The first-order valence-electron chi connectivity index (χ1n) is 7.64. The summed E-state index contributed by atoms with van der Waals surface area (Å²) in [5.41, 5.74) is 0.979. The van der Waals surface area contributed by atoms with E-state index in [2.05, 4.69) is 15.4 Å². The highest BCUT2D eigenvalue weighted by Gasteiger charge is 2.25. The molecule has 8 nitrogen and oxygen atoms in total. The second-order valence-electron chi connectivity index (χ2n) is 5.45. The maximum Gasteiger partial charge on any atom is 0.343 e. The van der Waals surface area contributed by atoms with Crippen molar-refractivity contribution >= 4 is 29.9 Å². The topological polar surface area (TPSA) is 88.8 Å². The maximum atomic E-state index is 12.8. The van der Waals surface area contributed by atoms with Gasteiger partial charge in [0, 0.05) is 31.9 Å². The average Bonchev–Trinajstić information content (AvgIpc) is 2.98. The Kier molecular flexibility index (Phi) is 5.74. The lowest BCUT2D eigenvalue weighted by molar-refractivity contribution is 0.0528. The van der Waals surface area contributed by atoms with Crippen molar-refractivity contribution in [1.29, 1.82) is 0 Å². The van der Waals surface area contributed by atoms with Gasteiger partial charge in [-0.1, -0.05) is 0 Å². The first-order valence-corrected chi connectivity index (χ1v) is 7.64. The van der Waals surface area contributed by atoms with Crippen LogP contribution in [-0.2, 0) is 4.74 Å². The molecule has 1 fully saturated rings. The van der Waals surface area contributed by atoms with E-state index >= 15 is 0 Å². The number of rotatable bonds is 3. The predicted octanol–water partition coefficient (Wildman–Crippen LogP) is 0.762. The smallest absolute Gasteiger partial charge is 0.343 e. The van der Waals surface area contributed by atoms with Crippen molar-refractivity contribution in [2.45, 2.75) is 19.9 Å². The third-order valence-corrected chi connectivity index (χ3v) is 3.77. The fourth-order valence-electron chi connectivity index (χ4n) is 2.69. The van der Waals surface area contributed by atoms with E-state index in [1.165, 1.54) is 16.9 Å². The summed E-state index contributed by atoms with van der Waals surface area (Å²) in [7, 11) is 0. The number of fused-ring (bicyclic) bond motifs is 1. The van der Waals surface area contributed by atoms with Crippen molar-refractivity contribution in [3.8, 4) is 0 Å². The maximum absolute atomic E-state index is 12.8. The average molecular weight is 354 g/mol. The van der Waals surface area contributed by atoms with Crippen LogP contribution in [0.5, 0.6) is 0 Å². The molecule has 0 spiro atoms. The van der Waals surface area contributed by atoms with Crippen LogP contribution in [0, 0.1) is 0 Å². The van der Waals surface area contributed by atoms with Crippen molar-refractivity contribution in [3.05, 3.63) is 29.7 Å². The third-order valence-electron chi connectivity index (χ3n) is 3.77. The third kappa shape index (κ3) is 3.34. The van der Waals surface area contributed by atoms with Crippen LogP contribution in [-0.4, -0.2) is 63.7 Å². The summed E-state index contributed by atoms with van der Waals surface area (Å²) < 4.78 is 6.39. The standard InChI is InChI=1S/C15H19N5O3.ClH/c1-3-23-15(22)11-8-18-20-12(4-5-17-13(11)20)14(21)19-7-6-16-10(2)9-19;/h4-5,8,10,16H,3,6-7,9H2,1-2H3;1H/t10-;/m1./s1. The van der Waals surface area contributed by atoms with Gasteiger partial charge in [0.15, 0.2) is 5.65 Å². The molecule has 1 aliphatic rings. The summed E-state index contributed by atoms with van der Waals surface area (Å²) in [6.45, 7) is 6.07. The largest absolute Gasteiger partial charge is 0.462 e. The van der Waals surface area contributed by atoms with E-state index < -0.39 is 5.97 Å². The van der Waals surface area contributed by atoms with Gasteiger partial charge in [0.1, 0.15) is 11.3 Å². The number of aromatic nitrogens is 3. The first kappa shape index (κ1) is 18.2. The van der Waals surface area contributed by atoms with Crippen LogP contribution in [0.3, 0.4) is 0 Å². The lowest BCUT2D eigenvalue weighted by Crippen LogP contribution is -2.51. The second-order valence-corrected chi connectivity index (χ2v) is 5.45. The van der Waals surface area contributed by atoms with E-state index in [9.17, 15) is 9.59 Å².